The minimum Gasteiger partial charge on any atom is -0.406 e. The van der Waals surface area contributed by atoms with Crippen LogP contribution in [0.25, 0.3) is 16.9 Å². The third-order valence-corrected chi connectivity index (χ3v) is 3.40. The first kappa shape index (κ1) is 17.5. The van der Waals surface area contributed by atoms with E-state index < -0.39 is 12.3 Å². The lowest BCUT2D eigenvalue weighted by Gasteiger charge is -2.09. The second-order valence-electron chi connectivity index (χ2n) is 5.15. The van der Waals surface area contributed by atoms with Crippen molar-refractivity contribution in [1.82, 2.24) is 9.78 Å². The number of carbonyl (C=O) groups excluding carboxylic acids is 1. The van der Waals surface area contributed by atoms with Gasteiger partial charge in [-0.25, -0.2) is 9.48 Å². The lowest BCUT2D eigenvalue weighted by molar-refractivity contribution is -0.274. The summed E-state index contributed by atoms with van der Waals surface area (Å²) >= 11 is 0. The molecule has 3 aromatic rings. The lowest BCUT2D eigenvalue weighted by Crippen LogP contribution is -2.17. The maximum absolute atomic E-state index is 12.2. The van der Waals surface area contributed by atoms with E-state index in [1.807, 2.05) is 0 Å². The van der Waals surface area contributed by atoms with Gasteiger partial charge in [0.05, 0.1) is 16.9 Å². The number of hydrogen-bond acceptors (Lipinski definition) is 5. The SMILES string of the molecule is O=C(OO)c1cccc(-c2ccn(-c3ccc(OC(F)(F)F)cc3)n2)c1. The van der Waals surface area contributed by atoms with E-state index in [0.717, 1.165) is 0 Å². The summed E-state index contributed by atoms with van der Waals surface area (Å²) in [7, 11) is 0. The van der Waals surface area contributed by atoms with Gasteiger partial charge in [-0.3, -0.25) is 4.89 Å². The largest absolute Gasteiger partial charge is 0.573 e. The molecule has 0 aliphatic rings. The van der Waals surface area contributed by atoms with E-state index in [1.54, 1.807) is 24.4 Å². The molecule has 6 nitrogen and oxygen atoms in total. The normalized spacial score (nSPS) is 11.2. The molecule has 1 heterocycles. The maximum atomic E-state index is 12.2. The van der Waals surface area contributed by atoms with Crippen molar-refractivity contribution >= 4 is 5.97 Å². The number of alkyl halides is 3. The standard InChI is InChI=1S/C17H11F3N2O4/c18-17(19,20)25-14-6-4-13(5-7-14)22-9-8-15(21-22)11-2-1-3-12(10-11)16(23)26-24/h1-10,24H. The Labute approximate surface area is 144 Å². The monoisotopic (exact) mass is 364 g/mol. The third-order valence-electron chi connectivity index (χ3n) is 3.40. The zero-order chi connectivity index (χ0) is 18.7. The van der Waals surface area contributed by atoms with E-state index >= 15 is 0 Å². The van der Waals surface area contributed by atoms with Crippen LogP contribution in [0, 0.1) is 0 Å². The Morgan fingerprint density at radius 3 is 2.46 bits per heavy atom. The molecule has 134 valence electrons. The number of benzene rings is 2. The molecule has 0 atom stereocenters. The molecule has 1 N–H and O–H groups in total. The van der Waals surface area contributed by atoms with E-state index in [2.05, 4.69) is 14.7 Å². The number of ether oxygens (including phenoxy) is 1. The summed E-state index contributed by atoms with van der Waals surface area (Å²) in [4.78, 5) is 15.1. The number of nitrogens with zero attached hydrogens (tertiary/aromatic N) is 2. The Kier molecular flexibility index (Phi) is 4.63. The van der Waals surface area contributed by atoms with Gasteiger partial charge >= 0.3 is 12.3 Å². The van der Waals surface area contributed by atoms with Gasteiger partial charge in [0.1, 0.15) is 5.75 Å². The molecular weight excluding hydrogens is 353 g/mol. The van der Waals surface area contributed by atoms with E-state index in [-0.39, 0.29) is 11.3 Å². The molecule has 2 aromatic carbocycles. The van der Waals surface area contributed by atoms with Crippen LogP contribution in [-0.2, 0) is 4.89 Å². The average Bonchev–Trinajstić information content (AvgIpc) is 3.10. The molecule has 0 aliphatic heterocycles. The summed E-state index contributed by atoms with van der Waals surface area (Å²) in [5.74, 6) is -1.23. The van der Waals surface area contributed by atoms with Crippen LogP contribution in [0.15, 0.2) is 60.8 Å². The maximum Gasteiger partial charge on any atom is 0.573 e. The van der Waals surface area contributed by atoms with Crippen molar-refractivity contribution in [2.45, 2.75) is 6.36 Å². The predicted molar refractivity (Wildman–Crippen MR) is 83.7 cm³/mol. The van der Waals surface area contributed by atoms with Gasteiger partial charge in [-0.2, -0.15) is 10.4 Å². The van der Waals surface area contributed by atoms with E-state index in [1.165, 1.54) is 41.1 Å². The highest BCUT2D eigenvalue weighted by Gasteiger charge is 2.30. The summed E-state index contributed by atoms with van der Waals surface area (Å²) in [5.41, 5.74) is 1.79. The summed E-state index contributed by atoms with van der Waals surface area (Å²) in [6.45, 7) is 0. The van der Waals surface area contributed by atoms with Crippen molar-refractivity contribution in [1.29, 1.82) is 0 Å². The summed E-state index contributed by atoms with van der Waals surface area (Å²) in [5, 5.41) is 12.8. The lowest BCUT2D eigenvalue weighted by atomic mass is 10.1. The fourth-order valence-electron chi connectivity index (χ4n) is 2.28. The molecule has 0 amide bonds. The van der Waals surface area contributed by atoms with Gasteiger partial charge in [-0.15, -0.1) is 13.2 Å². The molecule has 0 saturated heterocycles. The van der Waals surface area contributed by atoms with E-state index in [9.17, 15) is 18.0 Å². The van der Waals surface area contributed by atoms with Crippen LogP contribution in [-0.4, -0.2) is 27.4 Å². The van der Waals surface area contributed by atoms with Crippen LogP contribution >= 0.6 is 0 Å². The molecule has 0 unspecified atom stereocenters. The molecule has 0 spiro atoms. The molecule has 26 heavy (non-hydrogen) atoms. The molecule has 0 aliphatic carbocycles. The Hall–Kier alpha value is -3.33. The Morgan fingerprint density at radius 2 is 1.81 bits per heavy atom. The number of aromatic nitrogens is 2. The highest BCUT2D eigenvalue weighted by Crippen LogP contribution is 2.24. The Morgan fingerprint density at radius 1 is 1.08 bits per heavy atom. The third kappa shape index (κ3) is 4.01. The highest BCUT2D eigenvalue weighted by atomic mass is 19.4. The number of carbonyl (C=O) groups is 1. The van der Waals surface area contributed by atoms with Crippen LogP contribution in [0.3, 0.4) is 0 Å². The zero-order valence-corrected chi connectivity index (χ0v) is 13.0. The van der Waals surface area contributed by atoms with Gasteiger partial charge < -0.3 is 4.74 Å². The molecular formula is C17H11F3N2O4. The first-order valence-corrected chi connectivity index (χ1v) is 7.24. The minimum absolute atomic E-state index is 0.146. The molecule has 0 saturated carbocycles. The van der Waals surface area contributed by atoms with Gasteiger partial charge in [0.25, 0.3) is 0 Å². The zero-order valence-electron chi connectivity index (χ0n) is 13.0. The molecule has 0 radical (unpaired) electrons. The highest BCUT2D eigenvalue weighted by molar-refractivity contribution is 5.90. The van der Waals surface area contributed by atoms with E-state index in [4.69, 9.17) is 5.26 Å². The predicted octanol–water partition coefficient (Wildman–Crippen LogP) is 4.07. The number of hydrogen-bond donors (Lipinski definition) is 1. The summed E-state index contributed by atoms with van der Waals surface area (Å²) < 4.78 is 41.8. The number of halogens is 3. The van der Waals surface area contributed by atoms with Gasteiger partial charge in [0.2, 0.25) is 0 Å². The van der Waals surface area contributed by atoms with E-state index in [0.29, 0.717) is 16.9 Å². The van der Waals surface area contributed by atoms with Crippen molar-refractivity contribution in [2.24, 2.45) is 0 Å². The summed E-state index contributed by atoms with van der Waals surface area (Å²) in [6.07, 6.45) is -3.13. The first-order valence-electron chi connectivity index (χ1n) is 7.24. The van der Waals surface area contributed by atoms with Gasteiger partial charge in [0, 0.05) is 11.8 Å². The fourth-order valence-corrected chi connectivity index (χ4v) is 2.28. The van der Waals surface area contributed by atoms with Crippen molar-refractivity contribution in [3.05, 3.63) is 66.4 Å². The molecule has 1 aromatic heterocycles. The second kappa shape index (κ2) is 6.89. The minimum atomic E-state index is -4.75. The number of rotatable bonds is 4. The van der Waals surface area contributed by atoms with Gasteiger partial charge in [-0.05, 0) is 42.5 Å². The molecule has 0 bridgehead atoms. The van der Waals surface area contributed by atoms with Crippen LogP contribution in [0.2, 0.25) is 0 Å². The van der Waals surface area contributed by atoms with Gasteiger partial charge in [0.15, 0.2) is 0 Å². The van der Waals surface area contributed by atoms with Crippen LogP contribution in [0.4, 0.5) is 13.2 Å². The van der Waals surface area contributed by atoms with Crippen molar-refractivity contribution in [3.8, 4) is 22.7 Å². The average molecular weight is 364 g/mol. The second-order valence-corrected chi connectivity index (χ2v) is 5.15. The van der Waals surface area contributed by atoms with Crippen LogP contribution in [0.1, 0.15) is 10.4 Å². The van der Waals surface area contributed by atoms with Crippen LogP contribution < -0.4 is 4.74 Å². The summed E-state index contributed by atoms with van der Waals surface area (Å²) in [6, 6.07) is 13.2. The topological polar surface area (TPSA) is 73.6 Å². The molecule has 9 heteroatoms. The van der Waals surface area contributed by atoms with Crippen molar-refractivity contribution in [3.63, 3.8) is 0 Å². The smallest absolute Gasteiger partial charge is 0.406 e. The van der Waals surface area contributed by atoms with Crippen molar-refractivity contribution < 1.29 is 32.8 Å². The van der Waals surface area contributed by atoms with Gasteiger partial charge in [-0.1, -0.05) is 12.1 Å². The Balaban J connectivity index is 1.83. The molecule has 3 rings (SSSR count). The Bertz CT molecular complexity index is 920. The quantitative estimate of drug-likeness (QED) is 0.558. The molecule has 0 fully saturated rings. The first-order chi connectivity index (χ1) is 12.4. The van der Waals surface area contributed by atoms with Crippen LogP contribution in [0.5, 0.6) is 5.75 Å². The fraction of sp³-hybridized carbons (Fsp3) is 0.0588. The van der Waals surface area contributed by atoms with Crippen molar-refractivity contribution in [2.75, 3.05) is 0 Å².